The Bertz CT molecular complexity index is 518. The van der Waals surface area contributed by atoms with Crippen LogP contribution in [0.25, 0.3) is 0 Å². The average molecular weight is 365 g/mol. The Balaban J connectivity index is 0.000000381. The average Bonchev–Trinajstić information content (AvgIpc) is 2.97. The van der Waals surface area contributed by atoms with Gasteiger partial charge in [-0.15, -0.1) is 0 Å². The molecule has 0 radical (unpaired) electrons. The van der Waals surface area contributed by atoms with E-state index in [-0.39, 0.29) is 5.60 Å². The van der Waals surface area contributed by atoms with Gasteiger partial charge in [-0.25, -0.2) is 4.79 Å². The lowest BCUT2D eigenvalue weighted by molar-refractivity contribution is -0.192. The van der Waals surface area contributed by atoms with Gasteiger partial charge in [0.15, 0.2) is 0 Å². The molecule has 0 aliphatic carbocycles. The highest BCUT2D eigenvalue weighted by atomic mass is 19.4. The van der Waals surface area contributed by atoms with E-state index in [1.54, 1.807) is 0 Å². The first-order valence-corrected chi connectivity index (χ1v) is 8.10. The van der Waals surface area contributed by atoms with Crippen LogP contribution in [-0.2, 0) is 16.0 Å². The molecule has 1 unspecified atom stereocenters. The number of nitrogens with one attached hydrogen (secondary N) is 1. The number of carboxylic acid groups (broad SMARTS) is 1. The third kappa shape index (κ3) is 8.87. The SMILES string of the molecule is CN(CCc1cn[nH]c1)CC1CCOC(C)(C)C1.O=C(O)C(F)(F)F. The molecular formula is C16H26F3N3O3. The first kappa shape index (κ1) is 21.4. The largest absolute Gasteiger partial charge is 0.490 e. The van der Waals surface area contributed by atoms with E-state index in [0.29, 0.717) is 0 Å². The standard InChI is InChI=1S/C14H25N3O.C2HF3O2/c1-14(2)8-12(5-7-18-14)11-17(3)6-4-13-9-15-16-10-13;3-2(4,5)1(6)7/h9-10,12H,4-8,11H2,1-3H3,(H,15,16);(H,6,7). The molecule has 0 spiro atoms. The molecule has 0 amide bonds. The number of aromatic amines is 1. The number of hydrogen-bond donors (Lipinski definition) is 2. The number of H-pyrrole nitrogens is 1. The van der Waals surface area contributed by atoms with Crippen LogP contribution < -0.4 is 0 Å². The Morgan fingerprint density at radius 3 is 2.64 bits per heavy atom. The Morgan fingerprint density at radius 1 is 1.52 bits per heavy atom. The van der Waals surface area contributed by atoms with Gasteiger partial charge in [0.25, 0.3) is 0 Å². The van der Waals surface area contributed by atoms with Gasteiger partial charge in [0.2, 0.25) is 0 Å². The molecule has 0 saturated carbocycles. The maximum absolute atomic E-state index is 10.6. The fourth-order valence-electron chi connectivity index (χ4n) is 2.78. The Labute approximate surface area is 145 Å². The molecule has 1 fully saturated rings. The number of alkyl halides is 3. The Kier molecular flexibility index (Phi) is 7.88. The van der Waals surface area contributed by atoms with Gasteiger partial charge in [-0.2, -0.15) is 18.3 Å². The van der Waals surface area contributed by atoms with Gasteiger partial charge in [0.1, 0.15) is 0 Å². The molecular weight excluding hydrogens is 339 g/mol. The summed E-state index contributed by atoms with van der Waals surface area (Å²) in [6, 6.07) is 0. The van der Waals surface area contributed by atoms with Crippen molar-refractivity contribution in [1.82, 2.24) is 15.1 Å². The van der Waals surface area contributed by atoms with Crippen LogP contribution >= 0.6 is 0 Å². The number of rotatable bonds is 5. The van der Waals surface area contributed by atoms with Gasteiger partial charge in [-0.3, -0.25) is 5.10 Å². The van der Waals surface area contributed by atoms with Crippen molar-refractivity contribution in [2.75, 3.05) is 26.7 Å². The number of halogens is 3. The molecule has 0 bridgehead atoms. The molecule has 25 heavy (non-hydrogen) atoms. The third-order valence-corrected chi connectivity index (χ3v) is 3.95. The van der Waals surface area contributed by atoms with E-state index in [1.807, 2.05) is 12.4 Å². The fourth-order valence-corrected chi connectivity index (χ4v) is 2.78. The van der Waals surface area contributed by atoms with E-state index < -0.39 is 12.1 Å². The second kappa shape index (κ2) is 9.19. The lowest BCUT2D eigenvalue weighted by atomic mass is 9.88. The van der Waals surface area contributed by atoms with Gasteiger partial charge >= 0.3 is 12.1 Å². The highest BCUT2D eigenvalue weighted by molar-refractivity contribution is 5.73. The van der Waals surface area contributed by atoms with Gasteiger partial charge in [-0.1, -0.05) is 0 Å². The predicted octanol–water partition coefficient (Wildman–Crippen LogP) is 2.72. The van der Waals surface area contributed by atoms with Crippen LogP contribution in [0.5, 0.6) is 0 Å². The third-order valence-electron chi connectivity index (χ3n) is 3.95. The minimum atomic E-state index is -5.08. The van der Waals surface area contributed by atoms with Crippen LogP contribution in [0, 0.1) is 5.92 Å². The minimum absolute atomic E-state index is 0.0638. The smallest absolute Gasteiger partial charge is 0.475 e. The van der Waals surface area contributed by atoms with Crippen LogP contribution in [0.1, 0.15) is 32.3 Å². The monoisotopic (exact) mass is 365 g/mol. The number of hydrogen-bond acceptors (Lipinski definition) is 4. The Hall–Kier alpha value is -1.61. The van der Waals surface area contributed by atoms with Gasteiger partial charge in [-0.05, 0) is 51.6 Å². The molecule has 2 N–H and O–H groups in total. The highest BCUT2D eigenvalue weighted by Gasteiger charge is 2.38. The fraction of sp³-hybridized carbons (Fsp3) is 0.750. The first-order chi connectivity index (χ1) is 11.5. The van der Waals surface area contributed by atoms with Crippen LogP contribution in [0.3, 0.4) is 0 Å². The zero-order valence-electron chi connectivity index (χ0n) is 14.8. The quantitative estimate of drug-likeness (QED) is 0.839. The molecule has 1 aliphatic heterocycles. The van der Waals surface area contributed by atoms with E-state index in [4.69, 9.17) is 14.6 Å². The zero-order chi connectivity index (χ0) is 19.1. The number of carbonyl (C=O) groups is 1. The maximum atomic E-state index is 10.6. The van der Waals surface area contributed by atoms with Crippen LogP contribution in [-0.4, -0.2) is 64.7 Å². The van der Waals surface area contributed by atoms with E-state index in [9.17, 15) is 13.2 Å². The van der Waals surface area contributed by atoms with Crippen molar-refractivity contribution in [2.45, 2.75) is 44.9 Å². The van der Waals surface area contributed by atoms with Crippen molar-refractivity contribution in [3.63, 3.8) is 0 Å². The lowest BCUT2D eigenvalue weighted by Gasteiger charge is -2.37. The van der Waals surface area contributed by atoms with Crippen LogP contribution in [0.15, 0.2) is 12.4 Å². The van der Waals surface area contributed by atoms with E-state index in [0.717, 1.165) is 25.5 Å². The summed E-state index contributed by atoms with van der Waals surface area (Å²) in [6.45, 7) is 7.57. The number of nitrogens with zero attached hydrogens (tertiary/aromatic N) is 2. The maximum Gasteiger partial charge on any atom is 0.490 e. The van der Waals surface area contributed by atoms with E-state index >= 15 is 0 Å². The number of aromatic nitrogens is 2. The molecule has 144 valence electrons. The van der Waals surface area contributed by atoms with Crippen molar-refractivity contribution in [3.8, 4) is 0 Å². The molecule has 9 heteroatoms. The number of aliphatic carboxylic acids is 1. The molecule has 2 heterocycles. The second-order valence-corrected chi connectivity index (χ2v) is 6.89. The summed E-state index contributed by atoms with van der Waals surface area (Å²) in [4.78, 5) is 11.3. The summed E-state index contributed by atoms with van der Waals surface area (Å²) in [5, 5.41) is 14.0. The van der Waals surface area contributed by atoms with Crippen molar-refractivity contribution >= 4 is 5.97 Å². The van der Waals surface area contributed by atoms with Crippen LogP contribution in [0.4, 0.5) is 13.2 Å². The first-order valence-electron chi connectivity index (χ1n) is 8.10. The summed E-state index contributed by atoms with van der Waals surface area (Å²) < 4.78 is 37.5. The zero-order valence-corrected chi connectivity index (χ0v) is 14.8. The minimum Gasteiger partial charge on any atom is -0.475 e. The van der Waals surface area contributed by atoms with Crippen molar-refractivity contribution < 1.29 is 27.8 Å². The molecule has 2 rings (SSSR count). The Morgan fingerprint density at radius 2 is 2.16 bits per heavy atom. The number of ether oxygens (including phenoxy) is 1. The summed E-state index contributed by atoms with van der Waals surface area (Å²) in [7, 11) is 2.21. The van der Waals surface area contributed by atoms with E-state index in [2.05, 4.69) is 36.0 Å². The number of carboxylic acids is 1. The normalized spacial score (nSPS) is 20.0. The summed E-state index contributed by atoms with van der Waals surface area (Å²) in [5.41, 5.74) is 1.35. The van der Waals surface area contributed by atoms with Gasteiger partial charge in [0.05, 0.1) is 11.8 Å². The molecule has 6 nitrogen and oxygen atoms in total. The summed E-state index contributed by atoms with van der Waals surface area (Å²) in [6.07, 6.45) is 2.24. The molecule has 1 atom stereocenters. The second-order valence-electron chi connectivity index (χ2n) is 6.89. The van der Waals surface area contributed by atoms with Gasteiger partial charge < -0.3 is 14.7 Å². The molecule has 0 aromatic carbocycles. The van der Waals surface area contributed by atoms with Crippen LogP contribution in [0.2, 0.25) is 0 Å². The molecule has 1 saturated heterocycles. The number of likely N-dealkylation sites (N-methyl/N-ethyl adjacent to an activating group) is 1. The lowest BCUT2D eigenvalue weighted by Crippen LogP contribution is -2.39. The van der Waals surface area contributed by atoms with Crippen molar-refractivity contribution in [2.24, 2.45) is 5.92 Å². The topological polar surface area (TPSA) is 78.5 Å². The highest BCUT2D eigenvalue weighted by Crippen LogP contribution is 2.28. The van der Waals surface area contributed by atoms with Crippen molar-refractivity contribution in [1.29, 1.82) is 0 Å². The molecule has 1 aliphatic rings. The summed E-state index contributed by atoms with van der Waals surface area (Å²) >= 11 is 0. The van der Waals surface area contributed by atoms with Crippen molar-refractivity contribution in [3.05, 3.63) is 18.0 Å². The molecule has 1 aromatic heterocycles. The van der Waals surface area contributed by atoms with Gasteiger partial charge in [0, 0.05) is 25.9 Å². The summed E-state index contributed by atoms with van der Waals surface area (Å²) in [5.74, 6) is -1.99. The van der Waals surface area contributed by atoms with E-state index in [1.165, 1.54) is 24.9 Å². The molecule has 1 aromatic rings. The predicted molar refractivity (Wildman–Crippen MR) is 86.2 cm³/mol.